The largest absolute Gasteiger partial charge is 0.338 e. The molecule has 0 amide bonds. The standard InChI is InChI=1S/C17H16N2O/c1-10-7-8-15-16(11(10)2)19-17(18-15)14-6-4-5-13(9-14)12(3)20/h4-9H,1-3H3,(H,18,19). The van der Waals surface area contributed by atoms with E-state index in [1.165, 1.54) is 11.1 Å². The molecule has 2 aromatic carbocycles. The smallest absolute Gasteiger partial charge is 0.159 e. The van der Waals surface area contributed by atoms with Crippen molar-refractivity contribution < 1.29 is 4.79 Å². The van der Waals surface area contributed by atoms with E-state index in [2.05, 4.69) is 29.9 Å². The van der Waals surface area contributed by atoms with Gasteiger partial charge in [0.05, 0.1) is 11.0 Å². The summed E-state index contributed by atoms with van der Waals surface area (Å²) in [7, 11) is 0. The summed E-state index contributed by atoms with van der Waals surface area (Å²) in [5, 5.41) is 0. The normalized spacial score (nSPS) is 10.9. The Bertz CT molecular complexity index is 815. The molecule has 0 atom stereocenters. The number of H-pyrrole nitrogens is 1. The van der Waals surface area contributed by atoms with Crippen LogP contribution in [0, 0.1) is 13.8 Å². The number of benzene rings is 2. The van der Waals surface area contributed by atoms with E-state index in [-0.39, 0.29) is 5.78 Å². The van der Waals surface area contributed by atoms with Crippen molar-refractivity contribution in [3.05, 3.63) is 53.1 Å². The van der Waals surface area contributed by atoms with Gasteiger partial charge in [-0.2, -0.15) is 0 Å². The lowest BCUT2D eigenvalue weighted by Gasteiger charge is -1.99. The van der Waals surface area contributed by atoms with Gasteiger partial charge in [0.15, 0.2) is 5.78 Å². The molecule has 0 spiro atoms. The average molecular weight is 264 g/mol. The summed E-state index contributed by atoms with van der Waals surface area (Å²) in [6.45, 7) is 5.74. The summed E-state index contributed by atoms with van der Waals surface area (Å²) < 4.78 is 0. The van der Waals surface area contributed by atoms with Gasteiger partial charge in [-0.3, -0.25) is 4.79 Å². The molecule has 0 aliphatic heterocycles. The first-order valence-electron chi connectivity index (χ1n) is 6.63. The maximum Gasteiger partial charge on any atom is 0.159 e. The van der Waals surface area contributed by atoms with Gasteiger partial charge in [-0.25, -0.2) is 4.98 Å². The number of imidazole rings is 1. The number of carbonyl (C=O) groups is 1. The number of aromatic nitrogens is 2. The van der Waals surface area contributed by atoms with Crippen LogP contribution in [-0.2, 0) is 0 Å². The highest BCUT2D eigenvalue weighted by molar-refractivity contribution is 5.95. The second-order valence-corrected chi connectivity index (χ2v) is 5.13. The minimum absolute atomic E-state index is 0.0648. The number of Topliss-reactive ketones (excluding diaryl/α,β-unsaturated/α-hetero) is 1. The average Bonchev–Trinajstić information content (AvgIpc) is 2.88. The van der Waals surface area contributed by atoms with Gasteiger partial charge in [-0.1, -0.05) is 24.3 Å². The quantitative estimate of drug-likeness (QED) is 0.710. The van der Waals surface area contributed by atoms with Crippen LogP contribution in [0.1, 0.15) is 28.4 Å². The number of nitrogens with zero attached hydrogens (tertiary/aromatic N) is 1. The van der Waals surface area contributed by atoms with Crippen molar-refractivity contribution in [1.29, 1.82) is 0 Å². The van der Waals surface area contributed by atoms with Crippen LogP contribution in [0.3, 0.4) is 0 Å². The van der Waals surface area contributed by atoms with E-state index in [9.17, 15) is 4.79 Å². The molecule has 0 saturated carbocycles. The summed E-state index contributed by atoms with van der Waals surface area (Å²) in [4.78, 5) is 19.5. The van der Waals surface area contributed by atoms with Crippen molar-refractivity contribution in [2.75, 3.05) is 0 Å². The Balaban J connectivity index is 2.17. The summed E-state index contributed by atoms with van der Waals surface area (Å²) in [6.07, 6.45) is 0. The zero-order chi connectivity index (χ0) is 14.3. The van der Waals surface area contributed by atoms with Crippen molar-refractivity contribution in [3.8, 4) is 11.4 Å². The maximum absolute atomic E-state index is 11.5. The number of carbonyl (C=O) groups excluding carboxylic acids is 1. The van der Waals surface area contributed by atoms with Crippen molar-refractivity contribution in [1.82, 2.24) is 9.97 Å². The third-order valence-corrected chi connectivity index (χ3v) is 3.72. The molecular weight excluding hydrogens is 248 g/mol. The number of hydrogen-bond acceptors (Lipinski definition) is 2. The van der Waals surface area contributed by atoms with E-state index in [1.807, 2.05) is 30.3 Å². The van der Waals surface area contributed by atoms with Crippen molar-refractivity contribution in [3.63, 3.8) is 0 Å². The molecule has 1 aromatic heterocycles. The molecule has 20 heavy (non-hydrogen) atoms. The first kappa shape index (κ1) is 12.6. The SMILES string of the molecule is CC(=O)c1cccc(-c2nc3c(C)c(C)ccc3[nH]2)c1. The Hall–Kier alpha value is -2.42. The Morgan fingerprint density at radius 2 is 1.95 bits per heavy atom. The Morgan fingerprint density at radius 3 is 2.70 bits per heavy atom. The highest BCUT2D eigenvalue weighted by Crippen LogP contribution is 2.25. The number of nitrogens with one attached hydrogen (secondary N) is 1. The van der Waals surface area contributed by atoms with Crippen molar-refractivity contribution >= 4 is 16.8 Å². The van der Waals surface area contributed by atoms with Crippen LogP contribution in [0.5, 0.6) is 0 Å². The highest BCUT2D eigenvalue weighted by atomic mass is 16.1. The van der Waals surface area contributed by atoms with E-state index in [0.717, 1.165) is 22.4 Å². The third kappa shape index (κ3) is 2.01. The molecule has 0 bridgehead atoms. The maximum atomic E-state index is 11.5. The lowest BCUT2D eigenvalue weighted by molar-refractivity contribution is 0.101. The first-order chi connectivity index (χ1) is 9.56. The van der Waals surface area contributed by atoms with E-state index >= 15 is 0 Å². The fourth-order valence-electron chi connectivity index (χ4n) is 2.34. The van der Waals surface area contributed by atoms with Crippen LogP contribution < -0.4 is 0 Å². The molecule has 1 N–H and O–H groups in total. The Morgan fingerprint density at radius 1 is 1.15 bits per heavy atom. The van der Waals surface area contributed by atoms with Gasteiger partial charge >= 0.3 is 0 Å². The van der Waals surface area contributed by atoms with Gasteiger partial charge in [-0.15, -0.1) is 0 Å². The van der Waals surface area contributed by atoms with Crippen LogP contribution >= 0.6 is 0 Å². The predicted molar refractivity (Wildman–Crippen MR) is 81.0 cm³/mol. The molecule has 3 heteroatoms. The summed E-state index contributed by atoms with van der Waals surface area (Å²) >= 11 is 0. The molecule has 0 unspecified atom stereocenters. The van der Waals surface area contributed by atoms with Gasteiger partial charge in [0.2, 0.25) is 0 Å². The number of aryl methyl sites for hydroxylation is 2. The Labute approximate surface area is 117 Å². The lowest BCUT2D eigenvalue weighted by atomic mass is 10.1. The molecule has 0 saturated heterocycles. The summed E-state index contributed by atoms with van der Waals surface area (Å²) in [6, 6.07) is 11.7. The van der Waals surface area contributed by atoms with Crippen molar-refractivity contribution in [2.45, 2.75) is 20.8 Å². The van der Waals surface area contributed by atoms with Gasteiger partial charge in [0.25, 0.3) is 0 Å². The number of rotatable bonds is 2. The second-order valence-electron chi connectivity index (χ2n) is 5.13. The summed E-state index contributed by atoms with van der Waals surface area (Å²) in [5.74, 6) is 0.867. The minimum Gasteiger partial charge on any atom is -0.338 e. The summed E-state index contributed by atoms with van der Waals surface area (Å²) in [5.41, 5.74) is 6.08. The molecule has 0 radical (unpaired) electrons. The Kier molecular flexibility index (Phi) is 2.90. The van der Waals surface area contributed by atoms with Gasteiger partial charge in [-0.05, 0) is 44.0 Å². The zero-order valence-electron chi connectivity index (χ0n) is 11.8. The van der Waals surface area contributed by atoms with E-state index in [4.69, 9.17) is 0 Å². The van der Waals surface area contributed by atoms with Gasteiger partial charge < -0.3 is 4.98 Å². The molecule has 3 aromatic rings. The number of aromatic amines is 1. The molecule has 100 valence electrons. The van der Waals surface area contributed by atoms with Gasteiger partial charge in [0, 0.05) is 11.1 Å². The molecule has 0 aliphatic carbocycles. The molecule has 3 nitrogen and oxygen atoms in total. The van der Waals surface area contributed by atoms with Gasteiger partial charge in [0.1, 0.15) is 5.82 Å². The number of hydrogen-bond donors (Lipinski definition) is 1. The fourth-order valence-corrected chi connectivity index (χ4v) is 2.34. The van der Waals surface area contributed by atoms with E-state index < -0.39 is 0 Å². The molecule has 1 heterocycles. The van der Waals surface area contributed by atoms with Crippen LogP contribution in [0.15, 0.2) is 36.4 Å². The topological polar surface area (TPSA) is 45.8 Å². The van der Waals surface area contributed by atoms with Crippen molar-refractivity contribution in [2.24, 2.45) is 0 Å². The fraction of sp³-hybridized carbons (Fsp3) is 0.176. The monoisotopic (exact) mass is 264 g/mol. The zero-order valence-corrected chi connectivity index (χ0v) is 11.8. The van der Waals surface area contributed by atoms with Crippen LogP contribution in [0.4, 0.5) is 0 Å². The van der Waals surface area contributed by atoms with Crippen LogP contribution in [0.2, 0.25) is 0 Å². The number of fused-ring (bicyclic) bond motifs is 1. The minimum atomic E-state index is 0.0648. The molecule has 0 aliphatic rings. The van der Waals surface area contributed by atoms with E-state index in [1.54, 1.807) is 6.92 Å². The van der Waals surface area contributed by atoms with E-state index in [0.29, 0.717) is 5.56 Å². The molecule has 3 rings (SSSR count). The highest BCUT2D eigenvalue weighted by Gasteiger charge is 2.09. The third-order valence-electron chi connectivity index (χ3n) is 3.72. The molecular formula is C17H16N2O. The lowest BCUT2D eigenvalue weighted by Crippen LogP contribution is -1.92. The van der Waals surface area contributed by atoms with Crippen LogP contribution in [0.25, 0.3) is 22.4 Å². The molecule has 0 fully saturated rings. The second kappa shape index (κ2) is 4.60. The number of ketones is 1. The predicted octanol–water partition coefficient (Wildman–Crippen LogP) is 4.05. The first-order valence-corrected chi connectivity index (χ1v) is 6.63. The van der Waals surface area contributed by atoms with Crippen LogP contribution in [-0.4, -0.2) is 15.8 Å².